The summed E-state index contributed by atoms with van der Waals surface area (Å²) in [7, 11) is 0. The number of hydrogen-bond acceptors (Lipinski definition) is 4. The minimum Gasteiger partial charge on any atom is -0.397 e. The first-order valence-corrected chi connectivity index (χ1v) is 7.49. The molecule has 2 aliphatic heterocycles. The second-order valence-corrected chi connectivity index (χ2v) is 5.77. The molecule has 3 rings (SSSR count). The molecule has 3 heterocycles. The molecule has 2 aliphatic rings. The van der Waals surface area contributed by atoms with E-state index >= 15 is 0 Å². The van der Waals surface area contributed by atoms with Crippen molar-refractivity contribution in [1.82, 2.24) is 14.8 Å². The van der Waals surface area contributed by atoms with Crippen molar-refractivity contribution in [2.24, 2.45) is 0 Å². The van der Waals surface area contributed by atoms with Gasteiger partial charge in [-0.1, -0.05) is 6.42 Å². The van der Waals surface area contributed by atoms with Crippen molar-refractivity contribution < 1.29 is 4.79 Å². The van der Waals surface area contributed by atoms with Gasteiger partial charge in [0, 0.05) is 19.1 Å². The van der Waals surface area contributed by atoms with E-state index in [9.17, 15) is 4.79 Å². The van der Waals surface area contributed by atoms with Gasteiger partial charge in [0.1, 0.15) is 5.69 Å². The lowest BCUT2D eigenvalue weighted by atomic mass is 10.1. The third-order valence-electron chi connectivity index (χ3n) is 4.36. The predicted octanol–water partition coefficient (Wildman–Crippen LogP) is 2.21. The van der Waals surface area contributed by atoms with E-state index in [1.807, 2.05) is 4.90 Å². The molecule has 5 nitrogen and oxygen atoms in total. The number of halogens is 2. The molecule has 0 radical (unpaired) electrons. The summed E-state index contributed by atoms with van der Waals surface area (Å²) in [6.45, 7) is 4.05. The molecule has 0 saturated carbocycles. The minimum atomic E-state index is 0. The number of piperidine rings is 1. The zero-order valence-corrected chi connectivity index (χ0v) is 14.2. The lowest BCUT2D eigenvalue weighted by molar-refractivity contribution is 0.0766. The van der Waals surface area contributed by atoms with Crippen LogP contribution in [0.3, 0.4) is 0 Å². The van der Waals surface area contributed by atoms with E-state index in [0.717, 1.165) is 19.5 Å². The van der Waals surface area contributed by atoms with Crippen LogP contribution in [0.15, 0.2) is 18.3 Å². The zero-order valence-electron chi connectivity index (χ0n) is 12.6. The smallest absolute Gasteiger partial charge is 0.272 e. The van der Waals surface area contributed by atoms with Crippen molar-refractivity contribution in [2.75, 3.05) is 31.9 Å². The highest BCUT2D eigenvalue weighted by Gasteiger charge is 2.31. The van der Waals surface area contributed by atoms with Crippen molar-refractivity contribution in [2.45, 2.75) is 31.7 Å². The van der Waals surface area contributed by atoms with Gasteiger partial charge in [0.2, 0.25) is 0 Å². The van der Waals surface area contributed by atoms with Gasteiger partial charge in [-0.25, -0.2) is 4.98 Å². The molecule has 2 saturated heterocycles. The van der Waals surface area contributed by atoms with Gasteiger partial charge in [-0.15, -0.1) is 24.8 Å². The summed E-state index contributed by atoms with van der Waals surface area (Å²) in [6.07, 6.45) is 6.57. The average molecular weight is 347 g/mol. The summed E-state index contributed by atoms with van der Waals surface area (Å²) in [4.78, 5) is 21.0. The number of nitrogens with two attached hydrogens (primary N) is 1. The second-order valence-electron chi connectivity index (χ2n) is 5.77. The fourth-order valence-electron chi connectivity index (χ4n) is 3.20. The van der Waals surface area contributed by atoms with Crippen molar-refractivity contribution in [3.05, 3.63) is 24.0 Å². The number of aromatic nitrogens is 1. The Labute approximate surface area is 144 Å². The monoisotopic (exact) mass is 346 g/mol. The summed E-state index contributed by atoms with van der Waals surface area (Å²) < 4.78 is 0. The molecule has 2 fully saturated rings. The molecule has 0 aliphatic carbocycles. The quantitative estimate of drug-likeness (QED) is 0.891. The summed E-state index contributed by atoms with van der Waals surface area (Å²) in [5.74, 6) is 0.0320. The summed E-state index contributed by atoms with van der Waals surface area (Å²) in [6, 6.07) is 3.98. The van der Waals surface area contributed by atoms with Crippen LogP contribution in [0.1, 0.15) is 36.2 Å². The molecule has 1 aromatic heterocycles. The van der Waals surface area contributed by atoms with Crippen LogP contribution in [-0.4, -0.2) is 52.9 Å². The first-order valence-electron chi connectivity index (χ1n) is 7.49. The SMILES string of the molecule is Cl.Cl.Nc1ccc(C(=O)N2CCC(N3CCCCC3)C2)nc1. The zero-order chi connectivity index (χ0) is 13.9. The van der Waals surface area contributed by atoms with Crippen LogP contribution in [0.25, 0.3) is 0 Å². The molecule has 1 atom stereocenters. The summed E-state index contributed by atoms with van der Waals surface area (Å²) >= 11 is 0. The van der Waals surface area contributed by atoms with Crippen LogP contribution in [0.2, 0.25) is 0 Å². The number of carbonyl (C=O) groups excluding carboxylic acids is 1. The molecule has 0 aromatic carbocycles. The molecule has 1 unspecified atom stereocenters. The van der Waals surface area contributed by atoms with Crippen LogP contribution in [0, 0.1) is 0 Å². The Bertz CT molecular complexity index is 477. The highest BCUT2D eigenvalue weighted by molar-refractivity contribution is 5.92. The Kier molecular flexibility index (Phi) is 7.39. The van der Waals surface area contributed by atoms with Crippen LogP contribution >= 0.6 is 24.8 Å². The maximum Gasteiger partial charge on any atom is 0.272 e. The van der Waals surface area contributed by atoms with Crippen molar-refractivity contribution >= 4 is 36.4 Å². The summed E-state index contributed by atoms with van der Waals surface area (Å²) in [5, 5.41) is 0. The van der Waals surface area contributed by atoms with Gasteiger partial charge in [0.25, 0.3) is 5.91 Å². The van der Waals surface area contributed by atoms with Gasteiger partial charge >= 0.3 is 0 Å². The Morgan fingerprint density at radius 3 is 2.50 bits per heavy atom. The fourth-order valence-corrected chi connectivity index (χ4v) is 3.20. The molecule has 124 valence electrons. The fraction of sp³-hybridized carbons (Fsp3) is 0.600. The molecule has 1 amide bonds. The van der Waals surface area contributed by atoms with E-state index in [2.05, 4.69) is 9.88 Å². The standard InChI is InChI=1S/C15H22N4O.2ClH/c16-12-4-5-14(17-10-12)15(20)19-9-6-13(11-19)18-7-2-1-3-8-18;;/h4-5,10,13H,1-3,6-9,11,16H2;2*1H. The Balaban J connectivity index is 0.00000121. The molecule has 7 heteroatoms. The number of likely N-dealkylation sites (tertiary alicyclic amines) is 2. The van der Waals surface area contributed by atoms with Crippen LogP contribution in [0.5, 0.6) is 0 Å². The number of pyridine rings is 1. The lowest BCUT2D eigenvalue weighted by Crippen LogP contribution is -2.41. The minimum absolute atomic E-state index is 0. The number of nitrogen functional groups attached to an aromatic ring is 1. The number of rotatable bonds is 2. The van der Waals surface area contributed by atoms with Gasteiger partial charge in [0.15, 0.2) is 0 Å². The molecule has 0 bridgehead atoms. The summed E-state index contributed by atoms with van der Waals surface area (Å²) in [5.41, 5.74) is 6.70. The maximum atomic E-state index is 12.4. The highest BCUT2D eigenvalue weighted by Crippen LogP contribution is 2.21. The number of amides is 1. The Morgan fingerprint density at radius 2 is 1.86 bits per heavy atom. The van der Waals surface area contributed by atoms with E-state index in [-0.39, 0.29) is 30.7 Å². The highest BCUT2D eigenvalue weighted by atomic mass is 35.5. The van der Waals surface area contributed by atoms with Crippen molar-refractivity contribution in [3.63, 3.8) is 0 Å². The second kappa shape index (κ2) is 8.56. The van der Waals surface area contributed by atoms with Crippen molar-refractivity contribution in [3.8, 4) is 0 Å². The molecular formula is C15H24Cl2N4O. The average Bonchev–Trinajstić information content (AvgIpc) is 2.98. The van der Waals surface area contributed by atoms with Gasteiger partial charge < -0.3 is 10.6 Å². The first-order chi connectivity index (χ1) is 9.74. The third kappa shape index (κ3) is 4.24. The van der Waals surface area contributed by atoms with Gasteiger partial charge in [-0.05, 0) is 44.5 Å². The van der Waals surface area contributed by atoms with E-state index in [1.165, 1.54) is 32.4 Å². The number of hydrogen-bond donors (Lipinski definition) is 1. The number of anilines is 1. The number of nitrogens with zero attached hydrogens (tertiary/aromatic N) is 3. The predicted molar refractivity (Wildman–Crippen MR) is 92.9 cm³/mol. The van der Waals surface area contributed by atoms with Crippen LogP contribution in [-0.2, 0) is 0 Å². The van der Waals surface area contributed by atoms with Crippen LogP contribution < -0.4 is 5.73 Å². The van der Waals surface area contributed by atoms with Crippen molar-refractivity contribution in [1.29, 1.82) is 0 Å². The lowest BCUT2D eigenvalue weighted by Gasteiger charge is -2.32. The van der Waals surface area contributed by atoms with E-state index in [4.69, 9.17) is 5.73 Å². The molecular weight excluding hydrogens is 323 g/mol. The normalized spacial score (nSPS) is 21.8. The van der Waals surface area contributed by atoms with E-state index in [0.29, 0.717) is 17.4 Å². The number of carbonyl (C=O) groups is 1. The third-order valence-corrected chi connectivity index (χ3v) is 4.36. The van der Waals surface area contributed by atoms with Crippen LogP contribution in [0.4, 0.5) is 5.69 Å². The molecule has 22 heavy (non-hydrogen) atoms. The van der Waals surface area contributed by atoms with Gasteiger partial charge in [0.05, 0.1) is 11.9 Å². The largest absolute Gasteiger partial charge is 0.397 e. The Hall–Kier alpha value is -1.04. The first kappa shape index (κ1) is 19.0. The molecule has 0 spiro atoms. The Morgan fingerprint density at radius 1 is 1.14 bits per heavy atom. The van der Waals surface area contributed by atoms with Gasteiger partial charge in [-0.2, -0.15) is 0 Å². The van der Waals surface area contributed by atoms with E-state index in [1.54, 1.807) is 18.3 Å². The topological polar surface area (TPSA) is 62.5 Å². The van der Waals surface area contributed by atoms with Gasteiger partial charge in [-0.3, -0.25) is 9.69 Å². The molecule has 1 aromatic rings. The molecule has 2 N–H and O–H groups in total. The van der Waals surface area contributed by atoms with E-state index < -0.39 is 0 Å². The maximum absolute atomic E-state index is 12.4.